The van der Waals surface area contributed by atoms with Crippen molar-refractivity contribution in [2.75, 3.05) is 0 Å². The Labute approximate surface area is 116 Å². The zero-order chi connectivity index (χ0) is 14.9. The van der Waals surface area contributed by atoms with E-state index >= 15 is 0 Å². The van der Waals surface area contributed by atoms with Gasteiger partial charge < -0.3 is 5.73 Å². The van der Waals surface area contributed by atoms with E-state index in [1.54, 1.807) is 0 Å². The maximum absolute atomic E-state index is 13.1. The summed E-state index contributed by atoms with van der Waals surface area (Å²) in [5.41, 5.74) is 6.22. The lowest BCUT2D eigenvalue weighted by Gasteiger charge is -2.27. The molecule has 2 rings (SSSR count). The molecule has 1 aromatic rings. The van der Waals surface area contributed by atoms with Crippen LogP contribution in [0, 0.1) is 5.92 Å². The number of nitrogens with two attached hydrogens (primary N) is 1. The van der Waals surface area contributed by atoms with Crippen molar-refractivity contribution < 1.29 is 13.6 Å². The minimum atomic E-state index is -2.54. The summed E-state index contributed by atoms with van der Waals surface area (Å²) in [7, 11) is 0. The fraction of sp³-hybridized carbons (Fsp3) is 0.769. The van der Waals surface area contributed by atoms with E-state index < -0.39 is 11.8 Å². The molecule has 1 aromatic heterocycles. The van der Waals surface area contributed by atoms with Crippen molar-refractivity contribution in [2.24, 2.45) is 11.7 Å². The highest BCUT2D eigenvalue weighted by Gasteiger charge is 2.35. The van der Waals surface area contributed by atoms with Crippen LogP contribution in [0.25, 0.3) is 0 Å². The van der Waals surface area contributed by atoms with Gasteiger partial charge in [0.25, 0.3) is 5.91 Å². The average molecular weight is 286 g/mol. The molecule has 1 saturated carbocycles. The summed E-state index contributed by atoms with van der Waals surface area (Å²) in [5, 5.41) is 7.96. The number of aromatic nitrogens is 3. The molecule has 0 bridgehead atoms. The highest BCUT2D eigenvalue weighted by atomic mass is 19.3. The van der Waals surface area contributed by atoms with Crippen LogP contribution in [0.15, 0.2) is 0 Å². The minimum Gasteiger partial charge on any atom is -0.364 e. The van der Waals surface area contributed by atoms with Crippen LogP contribution >= 0.6 is 0 Å². The topological polar surface area (TPSA) is 73.8 Å². The second-order valence-corrected chi connectivity index (χ2v) is 5.79. The average Bonchev–Trinajstić information content (AvgIpc) is 2.76. The van der Waals surface area contributed by atoms with Crippen molar-refractivity contribution in [1.82, 2.24) is 15.0 Å². The van der Waals surface area contributed by atoms with Crippen LogP contribution in [0.3, 0.4) is 0 Å². The van der Waals surface area contributed by atoms with E-state index in [0.29, 0.717) is 30.7 Å². The highest BCUT2D eigenvalue weighted by molar-refractivity contribution is 5.92. The van der Waals surface area contributed by atoms with E-state index in [4.69, 9.17) is 5.73 Å². The van der Waals surface area contributed by atoms with Crippen LogP contribution in [-0.4, -0.2) is 26.8 Å². The first kappa shape index (κ1) is 14.9. The summed E-state index contributed by atoms with van der Waals surface area (Å²) in [4.78, 5) is 11.6. The van der Waals surface area contributed by atoms with Gasteiger partial charge in [-0.15, -0.1) is 5.10 Å². The molecule has 112 valence electrons. The molecule has 7 heteroatoms. The number of carbonyl (C=O) groups is 1. The number of hydrogen-bond acceptors (Lipinski definition) is 3. The molecule has 0 unspecified atom stereocenters. The van der Waals surface area contributed by atoms with Crippen molar-refractivity contribution in [1.29, 1.82) is 0 Å². The molecule has 1 heterocycles. The number of rotatable bonds is 4. The van der Waals surface area contributed by atoms with E-state index in [2.05, 4.69) is 10.3 Å². The Kier molecular flexibility index (Phi) is 4.06. The first-order valence-corrected chi connectivity index (χ1v) is 6.92. The van der Waals surface area contributed by atoms with Crippen LogP contribution in [0.2, 0.25) is 0 Å². The Balaban J connectivity index is 2.12. The van der Waals surface area contributed by atoms with Crippen LogP contribution in [0.4, 0.5) is 8.78 Å². The maximum Gasteiger partial charge on any atom is 0.268 e. The Bertz CT molecular complexity index is 489. The zero-order valence-corrected chi connectivity index (χ0v) is 11.8. The lowest BCUT2D eigenvalue weighted by atomic mass is 9.84. The van der Waals surface area contributed by atoms with Crippen molar-refractivity contribution >= 4 is 5.91 Å². The summed E-state index contributed by atoms with van der Waals surface area (Å²) in [5.74, 6) is -3.00. The number of amides is 1. The molecule has 1 aliphatic rings. The van der Waals surface area contributed by atoms with Gasteiger partial charge in [-0.1, -0.05) is 5.21 Å². The molecule has 2 N–H and O–H groups in total. The molecule has 0 atom stereocenters. The predicted molar refractivity (Wildman–Crippen MR) is 69.5 cm³/mol. The number of carbonyl (C=O) groups excluding carboxylic acids is 1. The molecular formula is C13H20F2N4O. The molecule has 0 aliphatic heterocycles. The van der Waals surface area contributed by atoms with E-state index in [1.807, 2.05) is 13.8 Å². The van der Waals surface area contributed by atoms with Crippen molar-refractivity contribution in [3.63, 3.8) is 0 Å². The zero-order valence-electron chi connectivity index (χ0n) is 11.8. The Morgan fingerprint density at radius 1 is 1.45 bits per heavy atom. The van der Waals surface area contributed by atoms with Gasteiger partial charge in [0.05, 0.1) is 5.69 Å². The van der Waals surface area contributed by atoms with E-state index in [0.717, 1.165) is 0 Å². The number of primary amides is 1. The largest absolute Gasteiger partial charge is 0.364 e. The van der Waals surface area contributed by atoms with Gasteiger partial charge in [-0.2, -0.15) is 0 Å². The van der Waals surface area contributed by atoms with E-state index in [1.165, 1.54) is 4.68 Å². The van der Waals surface area contributed by atoms with E-state index in [9.17, 15) is 13.6 Å². The summed E-state index contributed by atoms with van der Waals surface area (Å²) >= 11 is 0. The van der Waals surface area contributed by atoms with Gasteiger partial charge in [0.1, 0.15) is 5.69 Å². The number of hydrogen-bond donors (Lipinski definition) is 1. The first-order valence-electron chi connectivity index (χ1n) is 6.92. The summed E-state index contributed by atoms with van der Waals surface area (Å²) in [6.45, 7) is 3.76. The van der Waals surface area contributed by atoms with Crippen LogP contribution < -0.4 is 5.73 Å². The van der Waals surface area contributed by atoms with Gasteiger partial charge in [-0.25, -0.2) is 13.5 Å². The predicted octanol–water partition coefficient (Wildman–Crippen LogP) is 2.33. The maximum atomic E-state index is 13.1. The first-order chi connectivity index (χ1) is 9.30. The van der Waals surface area contributed by atoms with Crippen molar-refractivity contribution in [3.05, 3.63) is 11.4 Å². The Morgan fingerprint density at radius 3 is 2.55 bits per heavy atom. The van der Waals surface area contributed by atoms with Crippen LogP contribution in [0.5, 0.6) is 0 Å². The Morgan fingerprint density at radius 2 is 2.05 bits per heavy atom. The van der Waals surface area contributed by atoms with Gasteiger partial charge in [0.2, 0.25) is 5.92 Å². The van der Waals surface area contributed by atoms with Gasteiger partial charge in [-0.3, -0.25) is 4.79 Å². The molecule has 1 fully saturated rings. The molecule has 0 aromatic carbocycles. The third-order valence-corrected chi connectivity index (χ3v) is 3.81. The second kappa shape index (κ2) is 5.46. The number of alkyl halides is 2. The molecule has 1 aliphatic carbocycles. The molecule has 5 nitrogen and oxygen atoms in total. The molecule has 0 radical (unpaired) electrons. The van der Waals surface area contributed by atoms with Crippen molar-refractivity contribution in [2.45, 2.75) is 57.9 Å². The minimum absolute atomic E-state index is 0.0190. The van der Waals surface area contributed by atoms with Gasteiger partial charge in [0, 0.05) is 18.9 Å². The Hall–Kier alpha value is -1.53. The molecule has 0 saturated heterocycles. The standard InChI is InChI=1S/C13H20F2N4O/c1-8(2)19-11(12(16)20)10(17-18-19)7-9-3-5-13(14,15)6-4-9/h8-9H,3-7H2,1-2H3,(H2,16,20). The summed E-state index contributed by atoms with van der Waals surface area (Å²) in [6, 6.07) is -0.0190. The van der Waals surface area contributed by atoms with Gasteiger partial charge in [-0.05, 0) is 39.0 Å². The fourth-order valence-corrected chi connectivity index (χ4v) is 2.66. The quantitative estimate of drug-likeness (QED) is 0.923. The van der Waals surface area contributed by atoms with Crippen LogP contribution in [0.1, 0.15) is 61.8 Å². The lowest BCUT2D eigenvalue weighted by Crippen LogP contribution is -2.26. The number of halogens is 2. The fourth-order valence-electron chi connectivity index (χ4n) is 2.66. The van der Waals surface area contributed by atoms with Gasteiger partial charge in [0.15, 0.2) is 0 Å². The van der Waals surface area contributed by atoms with Crippen molar-refractivity contribution in [3.8, 4) is 0 Å². The molecular weight excluding hydrogens is 266 g/mol. The highest BCUT2D eigenvalue weighted by Crippen LogP contribution is 2.37. The second-order valence-electron chi connectivity index (χ2n) is 5.79. The normalized spacial score (nSPS) is 19.4. The number of nitrogens with zero attached hydrogens (tertiary/aromatic N) is 3. The summed E-state index contributed by atoms with van der Waals surface area (Å²) in [6.07, 6.45) is 1.18. The molecule has 20 heavy (non-hydrogen) atoms. The monoisotopic (exact) mass is 286 g/mol. The smallest absolute Gasteiger partial charge is 0.268 e. The summed E-state index contributed by atoms with van der Waals surface area (Å²) < 4.78 is 27.8. The lowest BCUT2D eigenvalue weighted by molar-refractivity contribution is -0.0457. The van der Waals surface area contributed by atoms with Gasteiger partial charge >= 0.3 is 0 Å². The molecule has 1 amide bonds. The van der Waals surface area contributed by atoms with E-state index in [-0.39, 0.29) is 24.8 Å². The third-order valence-electron chi connectivity index (χ3n) is 3.81. The molecule has 0 spiro atoms. The van der Waals surface area contributed by atoms with Crippen LogP contribution in [-0.2, 0) is 6.42 Å². The third kappa shape index (κ3) is 3.13. The SMILES string of the molecule is CC(C)n1nnc(CC2CCC(F)(F)CC2)c1C(N)=O.